The molecule has 1 N–H and O–H groups in total. The lowest BCUT2D eigenvalue weighted by Crippen LogP contribution is -2.40. The lowest BCUT2D eigenvalue weighted by Gasteiger charge is -2.37. The number of likely N-dealkylation sites (tertiary alicyclic amines) is 1. The first-order valence-corrected chi connectivity index (χ1v) is 13.5. The first-order valence-electron chi connectivity index (χ1n) is 12.0. The van der Waals surface area contributed by atoms with Crippen molar-refractivity contribution < 1.29 is 18.1 Å². The van der Waals surface area contributed by atoms with E-state index in [-0.39, 0.29) is 29.2 Å². The molecule has 36 heavy (non-hydrogen) atoms. The molecule has 9 heteroatoms. The number of para-hydroxylation sites is 1. The highest BCUT2D eigenvalue weighted by Crippen LogP contribution is 2.31. The monoisotopic (exact) mass is 507 g/mol. The Bertz CT molecular complexity index is 1290. The SMILES string of the molecule is O=C(c1ccccc1)C1CCN(C(CCNS(=O)(=O)c2ccccc2[N+](=O)[O-])c2ccccc2)CC1. The predicted molar refractivity (Wildman–Crippen MR) is 137 cm³/mol. The number of ketones is 1. The molecule has 1 unspecified atom stereocenters. The van der Waals surface area contributed by atoms with E-state index in [1.807, 2.05) is 60.7 Å². The van der Waals surface area contributed by atoms with E-state index in [1.165, 1.54) is 24.3 Å². The van der Waals surface area contributed by atoms with Gasteiger partial charge in [-0.25, -0.2) is 13.1 Å². The van der Waals surface area contributed by atoms with Gasteiger partial charge in [0.1, 0.15) is 0 Å². The highest BCUT2D eigenvalue weighted by molar-refractivity contribution is 7.89. The summed E-state index contributed by atoms with van der Waals surface area (Å²) in [6, 6.07) is 24.5. The normalized spacial score (nSPS) is 15.9. The number of sulfonamides is 1. The third-order valence-corrected chi connectivity index (χ3v) is 8.15. The Kier molecular flexibility index (Phi) is 8.25. The number of nitro groups is 1. The van der Waals surface area contributed by atoms with E-state index in [1.54, 1.807) is 0 Å². The summed E-state index contributed by atoms with van der Waals surface area (Å²) in [5.74, 6) is 0.140. The smallest absolute Gasteiger partial charge is 0.289 e. The van der Waals surface area contributed by atoms with Crippen LogP contribution in [-0.4, -0.2) is 43.7 Å². The Hall–Kier alpha value is -3.40. The number of nitrogens with zero attached hydrogens (tertiary/aromatic N) is 2. The molecule has 0 aromatic heterocycles. The van der Waals surface area contributed by atoms with Crippen LogP contribution in [0.15, 0.2) is 89.8 Å². The minimum atomic E-state index is -4.05. The summed E-state index contributed by atoms with van der Waals surface area (Å²) < 4.78 is 28.2. The zero-order valence-corrected chi connectivity index (χ0v) is 20.6. The second kappa shape index (κ2) is 11.6. The topological polar surface area (TPSA) is 110 Å². The van der Waals surface area contributed by atoms with Crippen molar-refractivity contribution in [2.75, 3.05) is 19.6 Å². The highest BCUT2D eigenvalue weighted by Gasteiger charge is 2.30. The van der Waals surface area contributed by atoms with Crippen LogP contribution in [0.2, 0.25) is 0 Å². The maximum Gasteiger partial charge on any atom is 0.289 e. The molecule has 0 bridgehead atoms. The van der Waals surface area contributed by atoms with Crippen LogP contribution in [0.1, 0.15) is 41.2 Å². The lowest BCUT2D eigenvalue weighted by molar-refractivity contribution is -0.387. The molecule has 0 radical (unpaired) electrons. The summed E-state index contributed by atoms with van der Waals surface area (Å²) in [6.45, 7) is 1.57. The Morgan fingerprint density at radius 1 is 0.944 bits per heavy atom. The van der Waals surface area contributed by atoms with Gasteiger partial charge in [-0.15, -0.1) is 0 Å². The van der Waals surface area contributed by atoms with Gasteiger partial charge in [0.15, 0.2) is 10.7 Å². The van der Waals surface area contributed by atoms with Gasteiger partial charge in [-0.2, -0.15) is 0 Å². The predicted octanol–water partition coefficient (Wildman–Crippen LogP) is 4.60. The molecule has 1 atom stereocenters. The fraction of sp³-hybridized carbons (Fsp3) is 0.296. The van der Waals surface area contributed by atoms with E-state index < -0.39 is 20.6 Å². The zero-order valence-electron chi connectivity index (χ0n) is 19.8. The number of nitrogens with one attached hydrogen (secondary N) is 1. The maximum absolute atomic E-state index is 12.9. The zero-order chi connectivity index (χ0) is 25.5. The second-order valence-corrected chi connectivity index (χ2v) is 10.6. The second-order valence-electron chi connectivity index (χ2n) is 8.88. The summed E-state index contributed by atoms with van der Waals surface area (Å²) in [7, 11) is -4.05. The van der Waals surface area contributed by atoms with Crippen molar-refractivity contribution in [1.82, 2.24) is 9.62 Å². The van der Waals surface area contributed by atoms with Crippen LogP contribution < -0.4 is 4.72 Å². The molecular formula is C27H29N3O5S. The van der Waals surface area contributed by atoms with E-state index in [0.717, 1.165) is 37.1 Å². The van der Waals surface area contributed by atoms with Crippen LogP contribution in [0, 0.1) is 16.0 Å². The fourth-order valence-corrected chi connectivity index (χ4v) is 6.01. The number of hydrogen-bond donors (Lipinski definition) is 1. The summed E-state index contributed by atoms with van der Waals surface area (Å²) >= 11 is 0. The van der Waals surface area contributed by atoms with Crippen molar-refractivity contribution in [3.8, 4) is 0 Å². The maximum atomic E-state index is 12.9. The molecule has 0 saturated carbocycles. The van der Waals surface area contributed by atoms with Gasteiger partial charge >= 0.3 is 0 Å². The number of hydrogen-bond acceptors (Lipinski definition) is 6. The van der Waals surface area contributed by atoms with Gasteiger partial charge in [-0.05, 0) is 44.0 Å². The first-order chi connectivity index (χ1) is 17.4. The number of piperidine rings is 1. The van der Waals surface area contributed by atoms with Gasteiger partial charge in [0.25, 0.3) is 5.69 Å². The average molecular weight is 508 g/mol. The summed E-state index contributed by atoms with van der Waals surface area (Å²) in [5.41, 5.74) is 1.35. The van der Waals surface area contributed by atoms with Crippen molar-refractivity contribution in [3.05, 3.63) is 106 Å². The molecule has 1 aliphatic rings. The number of Topliss-reactive ketones (excluding diaryl/α,β-unsaturated/α-hetero) is 1. The number of nitro benzene ring substituents is 1. The van der Waals surface area contributed by atoms with Gasteiger partial charge in [-0.3, -0.25) is 19.8 Å². The van der Waals surface area contributed by atoms with Crippen LogP contribution in [0.4, 0.5) is 5.69 Å². The number of carbonyl (C=O) groups excluding carboxylic acids is 1. The molecule has 188 valence electrons. The van der Waals surface area contributed by atoms with Crippen molar-refractivity contribution >= 4 is 21.5 Å². The Morgan fingerprint density at radius 2 is 1.53 bits per heavy atom. The van der Waals surface area contributed by atoms with E-state index in [4.69, 9.17) is 0 Å². The van der Waals surface area contributed by atoms with E-state index in [9.17, 15) is 23.3 Å². The molecule has 0 amide bonds. The van der Waals surface area contributed by atoms with Gasteiger partial charge in [-0.1, -0.05) is 72.8 Å². The standard InChI is InChI=1S/C27H29N3O5S/c31-27(22-11-5-2-6-12-22)23-16-19-29(20-17-23)24(21-9-3-1-4-10-21)15-18-28-36(34,35)26-14-8-7-13-25(26)30(32)33/h1-14,23-24,28H,15-20H2. The quantitative estimate of drug-likeness (QED) is 0.244. The van der Waals surface area contributed by atoms with Gasteiger partial charge in [0.05, 0.1) is 4.92 Å². The molecule has 3 aromatic rings. The minimum absolute atomic E-state index is 0.0304. The highest BCUT2D eigenvalue weighted by atomic mass is 32.2. The van der Waals surface area contributed by atoms with Crippen molar-refractivity contribution in [2.24, 2.45) is 5.92 Å². The Morgan fingerprint density at radius 3 is 2.17 bits per heavy atom. The molecule has 8 nitrogen and oxygen atoms in total. The number of rotatable bonds is 10. The van der Waals surface area contributed by atoms with Crippen molar-refractivity contribution in [2.45, 2.75) is 30.2 Å². The Labute approximate surface area is 211 Å². The average Bonchev–Trinajstić information content (AvgIpc) is 2.92. The Balaban J connectivity index is 1.43. The van der Waals surface area contributed by atoms with Gasteiger partial charge in [0, 0.05) is 30.1 Å². The van der Waals surface area contributed by atoms with Gasteiger partial charge in [0.2, 0.25) is 10.0 Å². The van der Waals surface area contributed by atoms with Crippen LogP contribution in [0.3, 0.4) is 0 Å². The molecule has 4 rings (SSSR count). The lowest BCUT2D eigenvalue weighted by atomic mass is 9.87. The van der Waals surface area contributed by atoms with Crippen LogP contribution in [0.5, 0.6) is 0 Å². The van der Waals surface area contributed by atoms with Crippen LogP contribution in [-0.2, 0) is 10.0 Å². The van der Waals surface area contributed by atoms with E-state index in [2.05, 4.69) is 9.62 Å². The third kappa shape index (κ3) is 6.04. The number of carbonyl (C=O) groups is 1. The van der Waals surface area contributed by atoms with Gasteiger partial charge < -0.3 is 0 Å². The molecule has 1 saturated heterocycles. The molecule has 1 heterocycles. The molecule has 0 spiro atoms. The van der Waals surface area contributed by atoms with Crippen molar-refractivity contribution in [3.63, 3.8) is 0 Å². The van der Waals surface area contributed by atoms with Crippen LogP contribution >= 0.6 is 0 Å². The third-order valence-electron chi connectivity index (χ3n) is 6.65. The molecular weight excluding hydrogens is 478 g/mol. The fourth-order valence-electron chi connectivity index (χ4n) is 4.79. The first kappa shape index (κ1) is 25.7. The summed E-state index contributed by atoms with van der Waals surface area (Å²) in [6.07, 6.45) is 1.96. The molecule has 1 aliphatic heterocycles. The van der Waals surface area contributed by atoms with E-state index in [0.29, 0.717) is 6.42 Å². The molecule has 0 aliphatic carbocycles. The minimum Gasteiger partial charge on any atom is -0.296 e. The summed E-state index contributed by atoms with van der Waals surface area (Å²) in [4.78, 5) is 25.4. The van der Waals surface area contributed by atoms with Crippen molar-refractivity contribution in [1.29, 1.82) is 0 Å². The van der Waals surface area contributed by atoms with E-state index >= 15 is 0 Å². The number of benzene rings is 3. The van der Waals surface area contributed by atoms with Crippen LogP contribution in [0.25, 0.3) is 0 Å². The summed E-state index contributed by atoms with van der Waals surface area (Å²) in [5, 5.41) is 11.3. The molecule has 3 aromatic carbocycles. The largest absolute Gasteiger partial charge is 0.296 e. The molecule has 1 fully saturated rings.